The fourth-order valence-corrected chi connectivity index (χ4v) is 2.40. The fraction of sp³-hybridized carbons (Fsp3) is 1.00. The average Bonchev–Trinajstić information content (AvgIpc) is 2.28. The Bertz CT molecular complexity index is 136. The molecule has 17 heavy (non-hydrogen) atoms. The third kappa shape index (κ3) is 12.2. The van der Waals surface area contributed by atoms with Crippen LogP contribution in [0.3, 0.4) is 0 Å². The van der Waals surface area contributed by atoms with Gasteiger partial charge in [0, 0.05) is 0 Å². The molecule has 0 N–H and O–H groups in total. The van der Waals surface area contributed by atoms with Gasteiger partial charge in [0.1, 0.15) is 0 Å². The molecular formula is C16H36N+. The Balaban J connectivity index is 3.38. The van der Waals surface area contributed by atoms with Crippen LogP contribution in [-0.2, 0) is 0 Å². The Morgan fingerprint density at radius 1 is 0.529 bits per heavy atom. The highest BCUT2D eigenvalue weighted by molar-refractivity contribution is 4.45. The van der Waals surface area contributed by atoms with Crippen LogP contribution < -0.4 is 0 Å². The van der Waals surface area contributed by atoms with E-state index in [1.807, 2.05) is 0 Å². The molecule has 0 radical (unpaired) electrons. The molecule has 0 aliphatic rings. The van der Waals surface area contributed by atoms with E-state index >= 15 is 0 Å². The number of rotatable bonds is 12. The molecule has 0 spiro atoms. The van der Waals surface area contributed by atoms with Crippen LogP contribution in [0.4, 0.5) is 0 Å². The number of unbranched alkanes of at least 4 members (excludes halogenated alkanes) is 8. The van der Waals surface area contributed by atoms with Crippen molar-refractivity contribution in [2.24, 2.45) is 0 Å². The molecule has 0 rings (SSSR count). The van der Waals surface area contributed by atoms with Crippen LogP contribution in [0.5, 0.6) is 0 Å². The van der Waals surface area contributed by atoms with Gasteiger partial charge in [-0.3, -0.25) is 0 Å². The van der Waals surface area contributed by atoms with Gasteiger partial charge in [0.05, 0.1) is 27.2 Å². The second-order valence-electron chi connectivity index (χ2n) is 6.21. The topological polar surface area (TPSA) is 0 Å². The van der Waals surface area contributed by atoms with Crippen molar-refractivity contribution in [3.8, 4) is 0 Å². The molecule has 0 amide bonds. The lowest BCUT2D eigenvalue weighted by molar-refractivity contribution is -0.890. The molecule has 0 saturated carbocycles. The number of nitrogens with zero attached hydrogens (tertiary/aromatic N) is 1. The van der Waals surface area contributed by atoms with Gasteiger partial charge in [0.15, 0.2) is 0 Å². The minimum atomic E-state index is 1.23. The van der Waals surface area contributed by atoms with Crippen LogP contribution >= 0.6 is 0 Å². The first-order valence-corrected chi connectivity index (χ1v) is 7.94. The molecule has 0 aromatic rings. The molecule has 1 heteroatoms. The molecule has 0 aromatic heterocycles. The van der Waals surface area contributed by atoms with Crippen molar-refractivity contribution in [2.45, 2.75) is 78.1 Å². The lowest BCUT2D eigenvalue weighted by Gasteiger charge is -2.30. The minimum absolute atomic E-state index is 1.23. The van der Waals surface area contributed by atoms with Gasteiger partial charge in [-0.05, 0) is 25.7 Å². The summed E-state index contributed by atoms with van der Waals surface area (Å²) in [7, 11) is 4.80. The van der Waals surface area contributed by atoms with Crippen molar-refractivity contribution < 1.29 is 4.48 Å². The van der Waals surface area contributed by atoms with Gasteiger partial charge in [-0.25, -0.2) is 0 Å². The summed E-state index contributed by atoms with van der Waals surface area (Å²) in [5.41, 5.74) is 0. The Morgan fingerprint density at radius 2 is 0.882 bits per heavy atom. The zero-order chi connectivity index (χ0) is 13.0. The van der Waals surface area contributed by atoms with Gasteiger partial charge in [0.2, 0.25) is 0 Å². The monoisotopic (exact) mass is 242 g/mol. The van der Waals surface area contributed by atoms with Crippen LogP contribution in [0.2, 0.25) is 0 Å². The third-order valence-corrected chi connectivity index (χ3v) is 3.73. The Hall–Kier alpha value is -0.0400. The quantitative estimate of drug-likeness (QED) is 0.333. The van der Waals surface area contributed by atoms with Crippen LogP contribution in [0.25, 0.3) is 0 Å². The van der Waals surface area contributed by atoms with Crippen LogP contribution in [0.15, 0.2) is 0 Å². The minimum Gasteiger partial charge on any atom is -0.328 e. The molecule has 0 fully saturated rings. The molecule has 0 aliphatic heterocycles. The van der Waals surface area contributed by atoms with E-state index in [0.29, 0.717) is 0 Å². The molecule has 0 heterocycles. The van der Waals surface area contributed by atoms with E-state index in [0.717, 1.165) is 0 Å². The Morgan fingerprint density at radius 3 is 1.24 bits per heavy atom. The zero-order valence-corrected chi connectivity index (χ0v) is 12.9. The van der Waals surface area contributed by atoms with Gasteiger partial charge >= 0.3 is 0 Å². The molecule has 104 valence electrons. The molecule has 0 unspecified atom stereocenters. The molecule has 0 atom stereocenters. The second-order valence-corrected chi connectivity index (χ2v) is 6.21. The summed E-state index contributed by atoms with van der Waals surface area (Å²) in [5.74, 6) is 0. The Labute approximate surface area is 110 Å². The maximum atomic E-state index is 2.40. The number of hydrogen-bond donors (Lipinski definition) is 0. The number of hydrogen-bond acceptors (Lipinski definition) is 0. The van der Waals surface area contributed by atoms with Gasteiger partial charge in [-0.2, -0.15) is 0 Å². The van der Waals surface area contributed by atoms with Crippen LogP contribution in [0, 0.1) is 0 Å². The first-order valence-electron chi connectivity index (χ1n) is 7.94. The van der Waals surface area contributed by atoms with E-state index in [4.69, 9.17) is 0 Å². The summed E-state index contributed by atoms with van der Waals surface area (Å²) in [5, 5.41) is 0. The van der Waals surface area contributed by atoms with E-state index in [1.54, 1.807) is 0 Å². The predicted molar refractivity (Wildman–Crippen MR) is 79.4 cm³/mol. The van der Waals surface area contributed by atoms with Crippen molar-refractivity contribution in [1.82, 2.24) is 0 Å². The predicted octanol–water partition coefficient (Wildman–Crippen LogP) is 5.00. The number of quaternary nitrogens is 1. The molecular weight excluding hydrogens is 206 g/mol. The first-order chi connectivity index (χ1) is 8.12. The highest BCUT2D eigenvalue weighted by Gasteiger charge is 2.13. The molecule has 0 aromatic carbocycles. The highest BCUT2D eigenvalue weighted by Crippen LogP contribution is 2.10. The summed E-state index contributed by atoms with van der Waals surface area (Å²) in [4.78, 5) is 0. The summed E-state index contributed by atoms with van der Waals surface area (Å²) in [6.07, 6.45) is 14.1. The van der Waals surface area contributed by atoms with Gasteiger partial charge in [-0.15, -0.1) is 0 Å². The average molecular weight is 242 g/mol. The largest absolute Gasteiger partial charge is 0.328 e. The van der Waals surface area contributed by atoms with E-state index in [2.05, 4.69) is 27.9 Å². The van der Waals surface area contributed by atoms with Crippen molar-refractivity contribution in [3.05, 3.63) is 0 Å². The summed E-state index contributed by atoms with van der Waals surface area (Å²) in [6, 6.07) is 0. The standard InChI is InChI=1S/C16H36N/c1-5-7-9-11-13-15-17(3,4)16-14-12-10-8-6-2/h5-16H2,1-4H3/q+1. The van der Waals surface area contributed by atoms with E-state index < -0.39 is 0 Å². The summed E-state index contributed by atoms with van der Waals surface area (Å²) in [6.45, 7) is 7.32. The molecule has 1 nitrogen and oxygen atoms in total. The van der Waals surface area contributed by atoms with Gasteiger partial charge in [0.25, 0.3) is 0 Å². The third-order valence-electron chi connectivity index (χ3n) is 3.73. The van der Waals surface area contributed by atoms with Crippen molar-refractivity contribution in [2.75, 3.05) is 27.2 Å². The SMILES string of the molecule is CCCCCCC[N+](C)(C)CCCCCCC. The van der Waals surface area contributed by atoms with Crippen molar-refractivity contribution in [3.63, 3.8) is 0 Å². The highest BCUT2D eigenvalue weighted by atomic mass is 15.3. The molecule has 0 saturated heterocycles. The van der Waals surface area contributed by atoms with E-state index in [-0.39, 0.29) is 0 Å². The van der Waals surface area contributed by atoms with Crippen molar-refractivity contribution >= 4 is 0 Å². The second kappa shape index (κ2) is 11.1. The van der Waals surface area contributed by atoms with Gasteiger partial charge < -0.3 is 4.48 Å². The zero-order valence-electron chi connectivity index (χ0n) is 12.9. The van der Waals surface area contributed by atoms with Crippen molar-refractivity contribution in [1.29, 1.82) is 0 Å². The maximum absolute atomic E-state index is 2.40. The maximum Gasteiger partial charge on any atom is 0.0782 e. The summed E-state index contributed by atoms with van der Waals surface area (Å²) >= 11 is 0. The van der Waals surface area contributed by atoms with Crippen LogP contribution in [0.1, 0.15) is 78.1 Å². The Kier molecular flexibility index (Phi) is 11.0. The van der Waals surface area contributed by atoms with E-state index in [1.165, 1.54) is 81.8 Å². The van der Waals surface area contributed by atoms with Crippen LogP contribution in [-0.4, -0.2) is 31.7 Å². The normalized spacial score (nSPS) is 12.0. The summed E-state index contributed by atoms with van der Waals surface area (Å²) < 4.78 is 1.23. The smallest absolute Gasteiger partial charge is 0.0782 e. The molecule has 0 aliphatic carbocycles. The first kappa shape index (κ1) is 17.0. The lowest BCUT2D eigenvalue weighted by Crippen LogP contribution is -2.41. The van der Waals surface area contributed by atoms with E-state index in [9.17, 15) is 0 Å². The fourth-order valence-electron chi connectivity index (χ4n) is 2.40. The van der Waals surface area contributed by atoms with Gasteiger partial charge in [-0.1, -0.05) is 52.4 Å². The lowest BCUT2D eigenvalue weighted by atomic mass is 10.1. The molecule has 0 bridgehead atoms.